The highest BCUT2D eigenvalue weighted by Crippen LogP contribution is 2.39. The third kappa shape index (κ3) is 2.72. The zero-order valence-electron chi connectivity index (χ0n) is 14.1. The van der Waals surface area contributed by atoms with E-state index in [1.807, 2.05) is 22.9 Å². The van der Waals surface area contributed by atoms with Gasteiger partial charge < -0.3 is 4.90 Å². The van der Waals surface area contributed by atoms with Gasteiger partial charge in [-0.25, -0.2) is 9.97 Å². The first kappa shape index (κ1) is 15.4. The van der Waals surface area contributed by atoms with Crippen molar-refractivity contribution in [1.29, 1.82) is 0 Å². The van der Waals surface area contributed by atoms with Gasteiger partial charge in [0.15, 0.2) is 0 Å². The number of piperidine rings is 1. The van der Waals surface area contributed by atoms with Crippen LogP contribution in [0.1, 0.15) is 49.4 Å². The fourth-order valence-electron chi connectivity index (χ4n) is 4.42. The maximum absolute atomic E-state index is 13.2. The lowest BCUT2D eigenvalue weighted by molar-refractivity contribution is 0.0217. The van der Waals surface area contributed by atoms with Crippen LogP contribution in [0, 0.1) is 11.8 Å². The zero-order chi connectivity index (χ0) is 16.5. The molecule has 0 spiro atoms. The Morgan fingerprint density at radius 2 is 2.08 bits per heavy atom. The number of amides is 1. The molecule has 3 atom stereocenters. The number of hydrogen-bond acceptors (Lipinski definition) is 3. The molecule has 0 aromatic carbocycles. The summed E-state index contributed by atoms with van der Waals surface area (Å²) in [5, 5.41) is 0. The van der Waals surface area contributed by atoms with E-state index in [-0.39, 0.29) is 5.91 Å². The number of aromatic nitrogens is 3. The number of pyridine rings is 1. The van der Waals surface area contributed by atoms with Crippen molar-refractivity contribution in [2.75, 3.05) is 6.54 Å². The normalized spacial score (nSPS) is 26.9. The topological polar surface area (TPSA) is 51.0 Å². The van der Waals surface area contributed by atoms with Crippen LogP contribution in [0.2, 0.25) is 0 Å². The van der Waals surface area contributed by atoms with E-state index in [9.17, 15) is 4.79 Å². The fraction of sp³-hybridized carbons (Fsp3) is 0.526. The van der Waals surface area contributed by atoms with Crippen LogP contribution in [0.3, 0.4) is 0 Å². The van der Waals surface area contributed by atoms with Crippen LogP contribution in [0.4, 0.5) is 0 Å². The van der Waals surface area contributed by atoms with Crippen molar-refractivity contribution in [1.82, 2.24) is 19.4 Å². The first-order valence-electron chi connectivity index (χ1n) is 8.99. The summed E-state index contributed by atoms with van der Waals surface area (Å²) >= 11 is 0. The van der Waals surface area contributed by atoms with Gasteiger partial charge in [-0.15, -0.1) is 0 Å². The van der Waals surface area contributed by atoms with E-state index in [1.54, 1.807) is 18.7 Å². The van der Waals surface area contributed by atoms with Crippen molar-refractivity contribution in [3.63, 3.8) is 0 Å². The van der Waals surface area contributed by atoms with Gasteiger partial charge in [0.05, 0.1) is 0 Å². The van der Waals surface area contributed by atoms with E-state index in [4.69, 9.17) is 0 Å². The summed E-state index contributed by atoms with van der Waals surface area (Å²) in [6.45, 7) is 3.23. The van der Waals surface area contributed by atoms with Gasteiger partial charge in [-0.05, 0) is 43.2 Å². The predicted molar refractivity (Wildman–Crippen MR) is 91.9 cm³/mol. The molecule has 0 unspecified atom stereocenters. The first-order chi connectivity index (χ1) is 11.7. The Labute approximate surface area is 142 Å². The Balaban J connectivity index is 1.60. The average molecular weight is 324 g/mol. The van der Waals surface area contributed by atoms with Crippen LogP contribution in [-0.2, 0) is 0 Å². The third-order valence-corrected chi connectivity index (χ3v) is 5.76. The highest BCUT2D eigenvalue weighted by Gasteiger charge is 2.39. The largest absolute Gasteiger partial charge is 0.335 e. The zero-order valence-corrected chi connectivity index (χ0v) is 14.1. The molecule has 5 nitrogen and oxygen atoms in total. The quantitative estimate of drug-likeness (QED) is 0.851. The number of nitrogens with zero attached hydrogens (tertiary/aromatic N) is 4. The van der Waals surface area contributed by atoms with Crippen LogP contribution >= 0.6 is 0 Å². The van der Waals surface area contributed by atoms with E-state index < -0.39 is 0 Å². The molecule has 1 saturated heterocycles. The highest BCUT2D eigenvalue weighted by molar-refractivity contribution is 5.94. The molecule has 2 aromatic rings. The fourth-order valence-corrected chi connectivity index (χ4v) is 4.42. The van der Waals surface area contributed by atoms with E-state index in [0.717, 1.165) is 36.7 Å². The number of hydrogen-bond donors (Lipinski definition) is 0. The van der Waals surface area contributed by atoms with Gasteiger partial charge in [0.25, 0.3) is 5.91 Å². The van der Waals surface area contributed by atoms with Gasteiger partial charge in [-0.2, -0.15) is 0 Å². The van der Waals surface area contributed by atoms with E-state index in [2.05, 4.69) is 21.8 Å². The summed E-state index contributed by atoms with van der Waals surface area (Å²) in [4.78, 5) is 23.7. The number of carbonyl (C=O) groups excluding carboxylic acids is 1. The summed E-state index contributed by atoms with van der Waals surface area (Å²) in [6, 6.07) is 4.12. The molecule has 0 N–H and O–H groups in total. The summed E-state index contributed by atoms with van der Waals surface area (Å²) in [6.07, 6.45) is 13.1. The molecular formula is C19H24N4O. The van der Waals surface area contributed by atoms with E-state index in [1.165, 1.54) is 19.3 Å². The van der Waals surface area contributed by atoms with Gasteiger partial charge in [-0.3, -0.25) is 9.36 Å². The molecule has 1 amide bonds. The second-order valence-electron chi connectivity index (χ2n) is 7.15. The maximum Gasteiger partial charge on any atom is 0.254 e. The van der Waals surface area contributed by atoms with Gasteiger partial charge in [-0.1, -0.05) is 19.8 Å². The van der Waals surface area contributed by atoms with Crippen molar-refractivity contribution in [2.24, 2.45) is 11.8 Å². The van der Waals surface area contributed by atoms with Crippen LogP contribution in [0.25, 0.3) is 5.82 Å². The molecule has 24 heavy (non-hydrogen) atoms. The summed E-state index contributed by atoms with van der Waals surface area (Å²) < 4.78 is 1.83. The molecule has 2 fully saturated rings. The Morgan fingerprint density at radius 3 is 2.92 bits per heavy atom. The lowest BCUT2D eigenvalue weighted by Gasteiger charge is -2.47. The van der Waals surface area contributed by atoms with Gasteiger partial charge >= 0.3 is 0 Å². The minimum absolute atomic E-state index is 0.155. The number of imidazole rings is 1. The minimum atomic E-state index is 0.155. The summed E-state index contributed by atoms with van der Waals surface area (Å²) in [5.41, 5.74) is 0.729. The Kier molecular flexibility index (Phi) is 4.08. The van der Waals surface area contributed by atoms with Gasteiger partial charge in [0.2, 0.25) is 0 Å². The Morgan fingerprint density at radius 1 is 1.21 bits per heavy atom. The Hall–Kier alpha value is -2.17. The molecule has 1 aliphatic carbocycles. The van der Waals surface area contributed by atoms with Crippen LogP contribution in [-0.4, -0.2) is 37.9 Å². The molecule has 0 radical (unpaired) electrons. The highest BCUT2D eigenvalue weighted by atomic mass is 16.2. The lowest BCUT2D eigenvalue weighted by atomic mass is 9.72. The molecule has 2 aliphatic rings. The van der Waals surface area contributed by atoms with Crippen molar-refractivity contribution < 1.29 is 4.79 Å². The lowest BCUT2D eigenvalue weighted by Crippen LogP contribution is -2.52. The molecular weight excluding hydrogens is 300 g/mol. The molecule has 2 aromatic heterocycles. The molecule has 0 bridgehead atoms. The van der Waals surface area contributed by atoms with E-state index in [0.29, 0.717) is 12.0 Å². The standard InChI is InChI=1S/C19H24N4O/c1-14-7-10-23(17-5-3-2-4-16(14)17)19(24)15-6-8-21-18(12-15)22-11-9-20-13-22/h6,8-9,11-14,16-17H,2-5,7,10H2,1H3/t14-,16-,17+/m1/s1. The predicted octanol–water partition coefficient (Wildman–Crippen LogP) is 3.31. The second-order valence-corrected chi connectivity index (χ2v) is 7.15. The summed E-state index contributed by atoms with van der Waals surface area (Å²) in [5.74, 6) is 2.30. The molecule has 1 aliphatic heterocycles. The van der Waals surface area contributed by atoms with Gasteiger partial charge in [0.1, 0.15) is 12.1 Å². The maximum atomic E-state index is 13.2. The first-order valence-corrected chi connectivity index (χ1v) is 8.99. The van der Waals surface area contributed by atoms with Crippen LogP contribution in [0.5, 0.6) is 0 Å². The number of rotatable bonds is 2. The van der Waals surface area contributed by atoms with Crippen molar-refractivity contribution in [3.05, 3.63) is 42.6 Å². The molecule has 4 rings (SSSR count). The summed E-state index contributed by atoms with van der Waals surface area (Å²) in [7, 11) is 0. The number of likely N-dealkylation sites (tertiary alicyclic amines) is 1. The van der Waals surface area contributed by atoms with Crippen molar-refractivity contribution in [2.45, 2.75) is 45.1 Å². The van der Waals surface area contributed by atoms with Gasteiger partial charge in [0, 0.05) is 36.7 Å². The van der Waals surface area contributed by atoms with Crippen molar-refractivity contribution in [3.8, 4) is 5.82 Å². The van der Waals surface area contributed by atoms with Crippen LogP contribution < -0.4 is 0 Å². The molecule has 5 heteroatoms. The molecule has 3 heterocycles. The smallest absolute Gasteiger partial charge is 0.254 e. The van der Waals surface area contributed by atoms with Crippen molar-refractivity contribution >= 4 is 5.91 Å². The second kappa shape index (κ2) is 6.38. The monoisotopic (exact) mass is 324 g/mol. The minimum Gasteiger partial charge on any atom is -0.335 e. The molecule has 126 valence electrons. The third-order valence-electron chi connectivity index (χ3n) is 5.76. The van der Waals surface area contributed by atoms with E-state index >= 15 is 0 Å². The number of carbonyl (C=O) groups is 1. The Bertz CT molecular complexity index is 712. The number of fused-ring (bicyclic) bond motifs is 1. The SMILES string of the molecule is C[C@@H]1CCN(C(=O)c2ccnc(-n3ccnc3)c2)[C@H]2CCCC[C@H]12. The average Bonchev–Trinajstić information content (AvgIpc) is 3.17. The van der Waals surface area contributed by atoms with Crippen LogP contribution in [0.15, 0.2) is 37.1 Å². The molecule has 1 saturated carbocycles.